The van der Waals surface area contributed by atoms with E-state index in [1.807, 2.05) is 12.1 Å². The van der Waals surface area contributed by atoms with Crippen molar-refractivity contribution in [1.82, 2.24) is 4.90 Å². The molecule has 0 radical (unpaired) electrons. The van der Waals surface area contributed by atoms with Gasteiger partial charge in [-0.1, -0.05) is 13.8 Å². The van der Waals surface area contributed by atoms with Crippen molar-refractivity contribution in [2.75, 3.05) is 13.6 Å². The largest absolute Gasteiger partial charge is 0.468 e. The van der Waals surface area contributed by atoms with Crippen LogP contribution in [-0.4, -0.2) is 24.5 Å². The monoisotopic (exact) mass is 210 g/mol. The maximum atomic E-state index is 6.03. The molecular formula is C12H22N2O. The lowest BCUT2D eigenvalue weighted by atomic mass is 10.0. The van der Waals surface area contributed by atoms with Gasteiger partial charge in [-0.25, -0.2) is 0 Å². The molecule has 0 saturated carbocycles. The van der Waals surface area contributed by atoms with Gasteiger partial charge in [0.15, 0.2) is 0 Å². The Morgan fingerprint density at radius 2 is 2.20 bits per heavy atom. The third-order valence-corrected chi connectivity index (χ3v) is 2.33. The third kappa shape index (κ3) is 5.00. The van der Waals surface area contributed by atoms with Crippen LogP contribution in [0, 0.1) is 5.92 Å². The molecule has 2 N–H and O–H groups in total. The summed E-state index contributed by atoms with van der Waals surface area (Å²) in [6.45, 7) is 6.15. The van der Waals surface area contributed by atoms with E-state index in [1.54, 1.807) is 6.26 Å². The Balaban J connectivity index is 2.26. The first-order chi connectivity index (χ1) is 7.08. The second-order valence-corrected chi connectivity index (χ2v) is 4.67. The van der Waals surface area contributed by atoms with Crippen LogP contribution in [0.1, 0.15) is 26.0 Å². The third-order valence-electron chi connectivity index (χ3n) is 2.33. The van der Waals surface area contributed by atoms with Gasteiger partial charge in [0.05, 0.1) is 12.8 Å². The highest BCUT2D eigenvalue weighted by atomic mass is 16.3. The fourth-order valence-corrected chi connectivity index (χ4v) is 1.81. The van der Waals surface area contributed by atoms with Crippen LogP contribution >= 0.6 is 0 Å². The molecule has 0 fully saturated rings. The van der Waals surface area contributed by atoms with Crippen LogP contribution in [0.2, 0.25) is 0 Å². The first-order valence-corrected chi connectivity index (χ1v) is 5.54. The molecule has 1 aromatic rings. The minimum Gasteiger partial charge on any atom is -0.468 e. The summed E-state index contributed by atoms with van der Waals surface area (Å²) >= 11 is 0. The lowest BCUT2D eigenvalue weighted by molar-refractivity contribution is 0.265. The first-order valence-electron chi connectivity index (χ1n) is 5.54. The van der Waals surface area contributed by atoms with E-state index in [2.05, 4.69) is 25.8 Å². The zero-order valence-electron chi connectivity index (χ0n) is 9.94. The van der Waals surface area contributed by atoms with E-state index in [0.717, 1.165) is 25.3 Å². The fourth-order valence-electron chi connectivity index (χ4n) is 1.81. The molecule has 0 bridgehead atoms. The molecule has 3 heteroatoms. The fraction of sp³-hybridized carbons (Fsp3) is 0.667. The highest BCUT2D eigenvalue weighted by molar-refractivity contribution is 4.97. The molecule has 1 aromatic heterocycles. The first kappa shape index (κ1) is 12.3. The number of rotatable bonds is 6. The highest BCUT2D eigenvalue weighted by Crippen LogP contribution is 2.07. The topological polar surface area (TPSA) is 42.4 Å². The van der Waals surface area contributed by atoms with Gasteiger partial charge in [-0.3, -0.25) is 4.90 Å². The van der Waals surface area contributed by atoms with Gasteiger partial charge in [-0.2, -0.15) is 0 Å². The summed E-state index contributed by atoms with van der Waals surface area (Å²) < 4.78 is 5.28. The van der Waals surface area contributed by atoms with Gasteiger partial charge in [-0.15, -0.1) is 0 Å². The van der Waals surface area contributed by atoms with E-state index in [4.69, 9.17) is 10.2 Å². The van der Waals surface area contributed by atoms with Gasteiger partial charge in [0, 0.05) is 12.6 Å². The van der Waals surface area contributed by atoms with Crippen molar-refractivity contribution in [1.29, 1.82) is 0 Å². The predicted molar refractivity (Wildman–Crippen MR) is 62.5 cm³/mol. The van der Waals surface area contributed by atoms with E-state index in [9.17, 15) is 0 Å². The van der Waals surface area contributed by atoms with Gasteiger partial charge in [0.1, 0.15) is 5.76 Å². The van der Waals surface area contributed by atoms with Crippen LogP contribution in [0.5, 0.6) is 0 Å². The predicted octanol–water partition coefficient (Wildman–Crippen LogP) is 2.08. The summed E-state index contributed by atoms with van der Waals surface area (Å²) in [5.74, 6) is 1.66. The van der Waals surface area contributed by atoms with Crippen LogP contribution < -0.4 is 5.73 Å². The molecule has 1 atom stereocenters. The molecule has 0 aliphatic carbocycles. The molecule has 0 aromatic carbocycles. The molecule has 3 nitrogen and oxygen atoms in total. The molecule has 0 amide bonds. The van der Waals surface area contributed by atoms with Crippen LogP contribution in [0.15, 0.2) is 22.8 Å². The molecule has 86 valence electrons. The number of hydrogen-bond acceptors (Lipinski definition) is 3. The van der Waals surface area contributed by atoms with E-state index < -0.39 is 0 Å². The minimum absolute atomic E-state index is 0.255. The van der Waals surface area contributed by atoms with Gasteiger partial charge in [0.25, 0.3) is 0 Å². The van der Waals surface area contributed by atoms with Crippen molar-refractivity contribution in [2.45, 2.75) is 32.9 Å². The van der Waals surface area contributed by atoms with E-state index >= 15 is 0 Å². The average Bonchev–Trinajstić information content (AvgIpc) is 2.53. The highest BCUT2D eigenvalue weighted by Gasteiger charge is 2.09. The Kier molecular flexibility index (Phi) is 4.85. The lowest BCUT2D eigenvalue weighted by Crippen LogP contribution is -2.35. The Bertz CT molecular complexity index is 257. The van der Waals surface area contributed by atoms with Crippen molar-refractivity contribution in [3.8, 4) is 0 Å². The number of likely N-dealkylation sites (N-methyl/N-ethyl adjacent to an activating group) is 1. The van der Waals surface area contributed by atoms with E-state index in [1.165, 1.54) is 0 Å². The summed E-state index contributed by atoms with van der Waals surface area (Å²) in [4.78, 5) is 2.20. The molecule has 0 spiro atoms. The summed E-state index contributed by atoms with van der Waals surface area (Å²) in [7, 11) is 2.07. The molecule has 0 saturated heterocycles. The summed E-state index contributed by atoms with van der Waals surface area (Å²) in [6, 6.07) is 4.16. The Labute approximate surface area is 92.2 Å². The molecular weight excluding hydrogens is 188 g/mol. The average molecular weight is 210 g/mol. The molecule has 0 aliphatic heterocycles. The van der Waals surface area contributed by atoms with Crippen molar-refractivity contribution in [2.24, 2.45) is 11.7 Å². The SMILES string of the molecule is CC(C)CC(N)CN(C)Cc1ccco1. The maximum Gasteiger partial charge on any atom is 0.117 e. The minimum atomic E-state index is 0.255. The molecule has 1 unspecified atom stereocenters. The van der Waals surface area contributed by atoms with Gasteiger partial charge >= 0.3 is 0 Å². The normalized spacial score (nSPS) is 13.7. The zero-order chi connectivity index (χ0) is 11.3. The van der Waals surface area contributed by atoms with Crippen molar-refractivity contribution in [3.05, 3.63) is 24.2 Å². The Hall–Kier alpha value is -0.800. The number of furan rings is 1. The molecule has 1 heterocycles. The Morgan fingerprint density at radius 3 is 2.73 bits per heavy atom. The smallest absolute Gasteiger partial charge is 0.117 e. The van der Waals surface area contributed by atoms with Crippen LogP contribution in [0.4, 0.5) is 0 Å². The van der Waals surface area contributed by atoms with Crippen LogP contribution in [-0.2, 0) is 6.54 Å². The summed E-state index contributed by atoms with van der Waals surface area (Å²) in [5.41, 5.74) is 6.03. The molecule has 15 heavy (non-hydrogen) atoms. The second kappa shape index (κ2) is 5.93. The van der Waals surface area contributed by atoms with Gasteiger partial charge in [0.2, 0.25) is 0 Å². The van der Waals surface area contributed by atoms with Crippen molar-refractivity contribution < 1.29 is 4.42 Å². The van der Waals surface area contributed by atoms with Gasteiger partial charge < -0.3 is 10.2 Å². The quantitative estimate of drug-likeness (QED) is 0.781. The summed E-state index contributed by atoms with van der Waals surface area (Å²) in [6.07, 6.45) is 2.78. The second-order valence-electron chi connectivity index (χ2n) is 4.67. The van der Waals surface area contributed by atoms with Gasteiger partial charge in [-0.05, 0) is 31.5 Å². The number of nitrogens with two attached hydrogens (primary N) is 1. The lowest BCUT2D eigenvalue weighted by Gasteiger charge is -2.21. The van der Waals surface area contributed by atoms with Crippen molar-refractivity contribution >= 4 is 0 Å². The van der Waals surface area contributed by atoms with E-state index in [0.29, 0.717) is 5.92 Å². The number of hydrogen-bond donors (Lipinski definition) is 1. The van der Waals surface area contributed by atoms with E-state index in [-0.39, 0.29) is 6.04 Å². The van der Waals surface area contributed by atoms with Crippen LogP contribution in [0.3, 0.4) is 0 Å². The number of nitrogens with zero attached hydrogens (tertiary/aromatic N) is 1. The Morgan fingerprint density at radius 1 is 1.47 bits per heavy atom. The molecule has 0 aliphatic rings. The molecule has 1 rings (SSSR count). The van der Waals surface area contributed by atoms with Crippen LogP contribution in [0.25, 0.3) is 0 Å². The summed E-state index contributed by atoms with van der Waals surface area (Å²) in [5, 5.41) is 0. The zero-order valence-corrected chi connectivity index (χ0v) is 9.94. The maximum absolute atomic E-state index is 6.03. The standard InChI is InChI=1S/C12H22N2O/c1-10(2)7-11(13)8-14(3)9-12-5-4-6-15-12/h4-6,10-11H,7-9,13H2,1-3H3. The van der Waals surface area contributed by atoms with Crippen molar-refractivity contribution in [3.63, 3.8) is 0 Å².